The van der Waals surface area contributed by atoms with Gasteiger partial charge in [0.2, 0.25) is 10.0 Å². The zero-order valence-corrected chi connectivity index (χ0v) is 16.6. The summed E-state index contributed by atoms with van der Waals surface area (Å²) in [4.78, 5) is 4.40. The Hall–Kier alpha value is -0.130. The first kappa shape index (κ1) is 23.1. The van der Waals surface area contributed by atoms with Crippen molar-refractivity contribution in [2.24, 2.45) is 15.5 Å². The number of nitrogens with one attached hydrogen (secondary N) is 2. The molecule has 0 aliphatic rings. The molecule has 0 rings (SSSR count). The molecule has 7 nitrogen and oxygen atoms in total. The molecule has 0 aromatic carbocycles. The minimum Gasteiger partial charge on any atom is -0.379 e. The van der Waals surface area contributed by atoms with Crippen molar-refractivity contribution in [2.45, 2.75) is 33.8 Å². The van der Waals surface area contributed by atoms with E-state index in [-0.39, 0.29) is 47.8 Å². The summed E-state index contributed by atoms with van der Waals surface area (Å²) < 4.78 is 27.2. The smallest absolute Gasteiger partial charge is 0.210 e. The molecule has 21 heavy (non-hydrogen) atoms. The third-order valence-corrected chi connectivity index (χ3v) is 3.46. The first-order valence-electron chi connectivity index (χ1n) is 6.65. The van der Waals surface area contributed by atoms with Crippen LogP contribution in [0.1, 0.15) is 27.7 Å². The minimum absolute atomic E-state index is 0. The molecule has 1 unspecified atom stereocenters. The van der Waals surface area contributed by atoms with Crippen LogP contribution in [0.4, 0.5) is 0 Å². The zero-order chi connectivity index (χ0) is 15.8. The summed E-state index contributed by atoms with van der Waals surface area (Å²) in [6, 6.07) is 0. The van der Waals surface area contributed by atoms with E-state index in [1.807, 2.05) is 6.92 Å². The van der Waals surface area contributed by atoms with Crippen molar-refractivity contribution in [3.8, 4) is 0 Å². The number of hydrogen-bond acceptors (Lipinski definition) is 4. The van der Waals surface area contributed by atoms with E-state index in [2.05, 4.69) is 36.4 Å². The highest BCUT2D eigenvalue weighted by Gasteiger charge is 2.24. The summed E-state index contributed by atoms with van der Waals surface area (Å²) in [5, 5.41) is 10.9. The van der Waals surface area contributed by atoms with E-state index in [0.29, 0.717) is 19.0 Å². The van der Waals surface area contributed by atoms with Crippen molar-refractivity contribution in [3.63, 3.8) is 0 Å². The lowest BCUT2D eigenvalue weighted by molar-refractivity contribution is 0.0241. The highest BCUT2D eigenvalue weighted by Crippen LogP contribution is 2.21. The SMILES string of the molecule is CCNC(=NCC(OC)C(C)(C)C)NCCS(N)(=O)=O.I. The van der Waals surface area contributed by atoms with E-state index in [0.717, 1.165) is 0 Å². The Bertz CT molecular complexity index is 407. The maximum Gasteiger partial charge on any atom is 0.210 e. The second kappa shape index (κ2) is 10.6. The van der Waals surface area contributed by atoms with Gasteiger partial charge in [0, 0.05) is 20.2 Å². The van der Waals surface area contributed by atoms with Gasteiger partial charge in [-0.1, -0.05) is 20.8 Å². The van der Waals surface area contributed by atoms with Gasteiger partial charge in [-0.25, -0.2) is 13.6 Å². The van der Waals surface area contributed by atoms with E-state index >= 15 is 0 Å². The number of sulfonamides is 1. The number of primary sulfonamides is 1. The summed E-state index contributed by atoms with van der Waals surface area (Å²) in [7, 11) is -1.80. The quantitative estimate of drug-likeness (QED) is 0.306. The molecular weight excluding hydrogens is 407 g/mol. The molecule has 0 aliphatic heterocycles. The van der Waals surface area contributed by atoms with Gasteiger partial charge >= 0.3 is 0 Å². The molecule has 0 saturated carbocycles. The number of ether oxygens (including phenoxy) is 1. The van der Waals surface area contributed by atoms with Gasteiger partial charge < -0.3 is 15.4 Å². The summed E-state index contributed by atoms with van der Waals surface area (Å²) >= 11 is 0. The van der Waals surface area contributed by atoms with Crippen LogP contribution in [0.3, 0.4) is 0 Å². The third kappa shape index (κ3) is 12.1. The molecule has 0 spiro atoms. The maximum absolute atomic E-state index is 10.9. The fourth-order valence-electron chi connectivity index (χ4n) is 1.53. The van der Waals surface area contributed by atoms with Crippen molar-refractivity contribution in [3.05, 3.63) is 0 Å². The lowest BCUT2D eigenvalue weighted by atomic mass is 9.89. The van der Waals surface area contributed by atoms with E-state index in [1.165, 1.54) is 0 Å². The van der Waals surface area contributed by atoms with E-state index in [4.69, 9.17) is 9.88 Å². The number of nitrogens with two attached hydrogens (primary N) is 1. The van der Waals surface area contributed by atoms with Gasteiger partial charge in [0.1, 0.15) is 0 Å². The van der Waals surface area contributed by atoms with Crippen LogP contribution in [-0.4, -0.2) is 53.0 Å². The van der Waals surface area contributed by atoms with Crippen molar-refractivity contribution in [2.75, 3.05) is 32.5 Å². The predicted octanol–water partition coefficient (Wildman–Crippen LogP) is 0.509. The summed E-state index contributed by atoms with van der Waals surface area (Å²) in [5.41, 5.74) is -0.0177. The van der Waals surface area contributed by atoms with Crippen LogP contribution in [0, 0.1) is 5.41 Å². The van der Waals surface area contributed by atoms with E-state index < -0.39 is 10.0 Å². The lowest BCUT2D eigenvalue weighted by Gasteiger charge is -2.28. The number of hydrogen-bond donors (Lipinski definition) is 3. The molecule has 0 aromatic heterocycles. The van der Waals surface area contributed by atoms with Crippen molar-refractivity contribution >= 4 is 40.0 Å². The van der Waals surface area contributed by atoms with Crippen molar-refractivity contribution < 1.29 is 13.2 Å². The predicted molar refractivity (Wildman–Crippen MR) is 97.6 cm³/mol. The van der Waals surface area contributed by atoms with Crippen LogP contribution in [0.15, 0.2) is 4.99 Å². The minimum atomic E-state index is -3.46. The second-order valence-corrected chi connectivity index (χ2v) is 7.34. The molecule has 1 atom stereocenters. The molecule has 0 bridgehead atoms. The summed E-state index contributed by atoms with van der Waals surface area (Å²) in [5.74, 6) is 0.423. The third-order valence-electron chi connectivity index (χ3n) is 2.69. The normalized spacial score (nSPS) is 14.3. The summed E-state index contributed by atoms with van der Waals surface area (Å²) in [6.45, 7) is 9.58. The zero-order valence-electron chi connectivity index (χ0n) is 13.5. The Morgan fingerprint density at radius 3 is 2.29 bits per heavy atom. The average molecular weight is 436 g/mol. The monoisotopic (exact) mass is 436 g/mol. The number of nitrogens with zero attached hydrogens (tertiary/aromatic N) is 1. The Morgan fingerprint density at radius 2 is 1.90 bits per heavy atom. The number of halogens is 1. The van der Waals surface area contributed by atoms with E-state index in [9.17, 15) is 8.42 Å². The molecule has 0 radical (unpaired) electrons. The molecule has 0 fully saturated rings. The molecule has 0 amide bonds. The largest absolute Gasteiger partial charge is 0.379 e. The standard InChI is InChI=1S/C12H28N4O3S.HI/c1-6-14-11(15-7-8-20(13,17)18)16-9-10(19-5)12(2,3)4;/h10H,6-9H2,1-5H3,(H2,13,17,18)(H2,14,15,16);1H. The molecule has 0 aromatic rings. The molecule has 9 heteroatoms. The maximum atomic E-state index is 10.9. The van der Waals surface area contributed by atoms with Crippen LogP contribution < -0.4 is 15.8 Å². The molecule has 0 aliphatic carbocycles. The molecule has 4 N–H and O–H groups in total. The first-order valence-corrected chi connectivity index (χ1v) is 8.37. The van der Waals surface area contributed by atoms with Crippen LogP contribution >= 0.6 is 24.0 Å². The highest BCUT2D eigenvalue weighted by molar-refractivity contribution is 14.0. The molecular formula is C12H29IN4O3S. The average Bonchev–Trinajstić information content (AvgIpc) is 2.26. The topological polar surface area (TPSA) is 106 Å². The van der Waals surface area contributed by atoms with Gasteiger partial charge in [-0.3, -0.25) is 4.99 Å². The van der Waals surface area contributed by atoms with E-state index in [1.54, 1.807) is 7.11 Å². The Kier molecular flexibility index (Phi) is 11.6. The van der Waals surface area contributed by atoms with Crippen LogP contribution in [0.5, 0.6) is 0 Å². The number of guanidine groups is 1. The Balaban J connectivity index is 0. The second-order valence-electron chi connectivity index (χ2n) is 5.60. The number of rotatable bonds is 7. The highest BCUT2D eigenvalue weighted by atomic mass is 127. The molecule has 128 valence electrons. The fourth-order valence-corrected chi connectivity index (χ4v) is 1.92. The number of aliphatic imine (C=N–C) groups is 1. The molecule has 0 heterocycles. The van der Waals surface area contributed by atoms with Gasteiger partial charge in [0.15, 0.2) is 5.96 Å². The van der Waals surface area contributed by atoms with Crippen LogP contribution in [0.25, 0.3) is 0 Å². The summed E-state index contributed by atoms with van der Waals surface area (Å²) in [6.07, 6.45) is -0.0174. The van der Waals surface area contributed by atoms with Crippen molar-refractivity contribution in [1.82, 2.24) is 10.6 Å². The lowest BCUT2D eigenvalue weighted by Crippen LogP contribution is -2.41. The first-order chi connectivity index (χ1) is 9.10. The fraction of sp³-hybridized carbons (Fsp3) is 0.917. The van der Waals surface area contributed by atoms with Crippen LogP contribution in [0.2, 0.25) is 0 Å². The van der Waals surface area contributed by atoms with Gasteiger partial charge in [-0.15, -0.1) is 24.0 Å². The van der Waals surface area contributed by atoms with Crippen molar-refractivity contribution in [1.29, 1.82) is 0 Å². The van der Waals surface area contributed by atoms with Gasteiger partial charge in [0.25, 0.3) is 0 Å². The molecule has 0 saturated heterocycles. The Labute approximate surface area is 145 Å². The van der Waals surface area contributed by atoms with Gasteiger partial charge in [-0.2, -0.15) is 0 Å². The van der Waals surface area contributed by atoms with Crippen LogP contribution in [-0.2, 0) is 14.8 Å². The Morgan fingerprint density at radius 1 is 1.33 bits per heavy atom. The number of methoxy groups -OCH3 is 1. The van der Waals surface area contributed by atoms with Gasteiger partial charge in [-0.05, 0) is 12.3 Å². The van der Waals surface area contributed by atoms with Gasteiger partial charge in [0.05, 0.1) is 18.4 Å².